The highest BCUT2D eigenvalue weighted by Gasteiger charge is 2.64. The van der Waals surface area contributed by atoms with Crippen molar-refractivity contribution in [1.82, 2.24) is 9.78 Å². The number of fused-ring (bicyclic) bond motifs is 2. The normalized spacial score (nSPS) is 21.1. The fourth-order valence-electron chi connectivity index (χ4n) is 5.41. The van der Waals surface area contributed by atoms with Gasteiger partial charge < -0.3 is 15.2 Å². The van der Waals surface area contributed by atoms with E-state index in [9.17, 15) is 22.7 Å². The van der Waals surface area contributed by atoms with Crippen molar-refractivity contribution in [3.63, 3.8) is 0 Å². The lowest BCUT2D eigenvalue weighted by molar-refractivity contribution is -0.275. The van der Waals surface area contributed by atoms with E-state index in [1.807, 2.05) is 0 Å². The van der Waals surface area contributed by atoms with E-state index in [1.165, 1.54) is 37.6 Å². The van der Waals surface area contributed by atoms with E-state index in [2.05, 4.69) is 10.4 Å². The van der Waals surface area contributed by atoms with Crippen LogP contribution in [0.15, 0.2) is 60.8 Å². The van der Waals surface area contributed by atoms with Crippen molar-refractivity contribution in [2.75, 3.05) is 12.4 Å². The third kappa shape index (κ3) is 4.01. The summed E-state index contributed by atoms with van der Waals surface area (Å²) in [5, 5.41) is 19.5. The minimum Gasteiger partial charge on any atom is -0.495 e. The number of benzene rings is 3. The van der Waals surface area contributed by atoms with E-state index in [0.717, 1.165) is 0 Å². The number of hydrogen-bond acceptors (Lipinski definition) is 4. The van der Waals surface area contributed by atoms with E-state index in [-0.39, 0.29) is 16.3 Å². The summed E-state index contributed by atoms with van der Waals surface area (Å²) in [5.41, 5.74) is -1.94. The summed E-state index contributed by atoms with van der Waals surface area (Å²) >= 11 is 6.34. The maximum atomic E-state index is 14.6. The van der Waals surface area contributed by atoms with Crippen LogP contribution in [0.3, 0.4) is 0 Å². The minimum absolute atomic E-state index is 0.236. The first kappa shape index (κ1) is 25.4. The first-order chi connectivity index (χ1) is 17.4. The molecule has 1 heterocycles. The quantitative estimate of drug-likeness (QED) is 0.279. The molecule has 0 amide bonds. The molecule has 10 heteroatoms. The largest absolute Gasteiger partial charge is 0.495 e. The molecule has 5 nitrogen and oxygen atoms in total. The summed E-state index contributed by atoms with van der Waals surface area (Å²) in [6.07, 6.45) is -4.04. The number of nitrogens with zero attached hydrogens (tertiary/aromatic N) is 2. The third-order valence-electron chi connectivity index (χ3n) is 7.00. The molecule has 0 saturated heterocycles. The molecule has 0 bridgehead atoms. The van der Waals surface area contributed by atoms with Crippen molar-refractivity contribution < 1.29 is 27.4 Å². The predicted molar refractivity (Wildman–Crippen MR) is 134 cm³/mol. The number of aliphatic hydroxyl groups is 1. The molecule has 37 heavy (non-hydrogen) atoms. The van der Waals surface area contributed by atoms with Gasteiger partial charge in [-0.2, -0.15) is 18.3 Å². The zero-order chi connectivity index (χ0) is 26.8. The third-order valence-corrected chi connectivity index (χ3v) is 7.30. The molecular weight excluding hydrogens is 510 g/mol. The molecule has 1 aliphatic rings. The first-order valence-electron chi connectivity index (χ1n) is 11.5. The number of anilines is 1. The molecule has 3 aromatic carbocycles. The van der Waals surface area contributed by atoms with Crippen molar-refractivity contribution >= 4 is 28.2 Å². The molecule has 5 rings (SSSR count). The smallest absolute Gasteiger partial charge is 0.419 e. The number of alkyl halides is 3. The summed E-state index contributed by atoms with van der Waals surface area (Å²) in [6, 6.07) is 12.2. The SMILES string of the molecule is COc1c(Cl)ccc2c1C(C)(C)CC(O)(C(F)(F)F)C2Nc1cccc2c1cnn2-c1ccc(F)cc1. The number of aromatic nitrogens is 2. The number of nitrogens with one attached hydrogen (secondary N) is 1. The fourth-order valence-corrected chi connectivity index (χ4v) is 5.65. The molecule has 2 unspecified atom stereocenters. The van der Waals surface area contributed by atoms with Crippen LogP contribution in [-0.4, -0.2) is 33.8 Å². The molecular formula is C27H24ClF4N3O2. The maximum Gasteiger partial charge on any atom is 0.419 e. The highest BCUT2D eigenvalue weighted by molar-refractivity contribution is 6.32. The van der Waals surface area contributed by atoms with Gasteiger partial charge in [0.1, 0.15) is 11.6 Å². The van der Waals surface area contributed by atoms with Crippen LogP contribution < -0.4 is 10.1 Å². The van der Waals surface area contributed by atoms with Gasteiger partial charge >= 0.3 is 6.18 Å². The van der Waals surface area contributed by atoms with E-state index in [0.29, 0.717) is 27.8 Å². The van der Waals surface area contributed by atoms with Crippen molar-refractivity contribution in [3.05, 3.63) is 82.8 Å². The van der Waals surface area contributed by atoms with Crippen LogP contribution in [-0.2, 0) is 5.41 Å². The Morgan fingerprint density at radius 2 is 1.81 bits per heavy atom. The predicted octanol–water partition coefficient (Wildman–Crippen LogP) is 6.95. The van der Waals surface area contributed by atoms with E-state index >= 15 is 0 Å². The van der Waals surface area contributed by atoms with Gasteiger partial charge in [0, 0.05) is 16.6 Å². The van der Waals surface area contributed by atoms with Crippen LogP contribution >= 0.6 is 11.6 Å². The molecule has 0 saturated carbocycles. The maximum absolute atomic E-state index is 14.6. The Labute approximate surface area is 215 Å². The first-order valence-corrected chi connectivity index (χ1v) is 11.9. The molecule has 4 aromatic rings. The van der Waals surface area contributed by atoms with Crippen LogP contribution in [0.5, 0.6) is 5.75 Å². The van der Waals surface area contributed by atoms with E-state index in [4.69, 9.17) is 16.3 Å². The second-order valence-electron chi connectivity index (χ2n) is 9.88. The second-order valence-corrected chi connectivity index (χ2v) is 10.3. The highest BCUT2D eigenvalue weighted by Crippen LogP contribution is 2.57. The zero-order valence-corrected chi connectivity index (χ0v) is 21.0. The topological polar surface area (TPSA) is 59.3 Å². The standard InChI is InChI=1S/C27H24ClF4N3O2/c1-25(2)14-26(36,27(30,31)32)24(17-11-12-19(28)23(37-3)22(17)25)34-20-5-4-6-21-18(20)13-33-35(21)16-9-7-15(29)8-10-16/h4-13,24,34,36H,14H2,1-3H3. The van der Waals surface area contributed by atoms with Crippen LogP contribution in [0.25, 0.3) is 16.6 Å². The number of halogens is 5. The Morgan fingerprint density at radius 3 is 2.46 bits per heavy atom. The molecule has 0 radical (unpaired) electrons. The van der Waals surface area contributed by atoms with Crippen LogP contribution in [0.4, 0.5) is 23.2 Å². The number of methoxy groups -OCH3 is 1. The number of ether oxygens (including phenoxy) is 1. The Morgan fingerprint density at radius 1 is 1.11 bits per heavy atom. The average molecular weight is 534 g/mol. The summed E-state index contributed by atoms with van der Waals surface area (Å²) in [6.45, 7) is 3.26. The van der Waals surface area contributed by atoms with Crippen LogP contribution in [0, 0.1) is 5.82 Å². The zero-order valence-electron chi connectivity index (χ0n) is 20.2. The minimum atomic E-state index is -4.95. The molecule has 2 N–H and O–H groups in total. The van der Waals surface area contributed by atoms with Crippen molar-refractivity contribution in [3.8, 4) is 11.4 Å². The van der Waals surface area contributed by atoms with Gasteiger partial charge in [-0.1, -0.05) is 37.6 Å². The van der Waals surface area contributed by atoms with Crippen LogP contribution in [0.1, 0.15) is 37.4 Å². The van der Waals surface area contributed by atoms with Gasteiger partial charge in [0.05, 0.1) is 35.6 Å². The van der Waals surface area contributed by atoms with E-state index in [1.54, 1.807) is 48.9 Å². The van der Waals surface area contributed by atoms with Gasteiger partial charge in [-0.3, -0.25) is 0 Å². The molecule has 1 aliphatic carbocycles. The number of rotatable bonds is 4. The summed E-state index contributed by atoms with van der Waals surface area (Å²) < 4.78 is 64.1. The molecule has 194 valence electrons. The van der Waals surface area contributed by atoms with Gasteiger partial charge in [0.25, 0.3) is 0 Å². The van der Waals surface area contributed by atoms with Gasteiger partial charge in [-0.25, -0.2) is 9.07 Å². The van der Waals surface area contributed by atoms with E-state index < -0.39 is 35.5 Å². The lowest BCUT2D eigenvalue weighted by Crippen LogP contribution is -2.58. The van der Waals surface area contributed by atoms with Crippen molar-refractivity contribution in [2.45, 2.75) is 43.5 Å². The molecule has 2 atom stereocenters. The Kier molecular flexibility index (Phi) is 5.91. The Balaban J connectivity index is 1.68. The van der Waals surface area contributed by atoms with Gasteiger partial charge in [-0.15, -0.1) is 0 Å². The van der Waals surface area contributed by atoms with Crippen molar-refractivity contribution in [2.24, 2.45) is 0 Å². The monoisotopic (exact) mass is 533 g/mol. The molecule has 0 fully saturated rings. The van der Waals surface area contributed by atoms with Crippen molar-refractivity contribution in [1.29, 1.82) is 0 Å². The lowest BCUT2D eigenvalue weighted by Gasteiger charge is -2.49. The Bertz CT molecular complexity index is 1480. The van der Waals surface area contributed by atoms with Gasteiger partial charge in [-0.05, 0) is 59.9 Å². The van der Waals surface area contributed by atoms with Gasteiger partial charge in [0.15, 0.2) is 5.60 Å². The van der Waals surface area contributed by atoms with Crippen LogP contribution in [0.2, 0.25) is 5.02 Å². The number of hydrogen-bond donors (Lipinski definition) is 2. The summed E-state index contributed by atoms with van der Waals surface area (Å²) in [5.74, 6) is -0.119. The van der Waals surface area contributed by atoms with Gasteiger partial charge in [0.2, 0.25) is 0 Å². The fraction of sp³-hybridized carbons (Fsp3) is 0.296. The lowest BCUT2D eigenvalue weighted by atomic mass is 9.63. The second kappa shape index (κ2) is 8.63. The summed E-state index contributed by atoms with van der Waals surface area (Å²) in [4.78, 5) is 0. The molecule has 0 spiro atoms. The Hall–Kier alpha value is -3.30. The average Bonchev–Trinajstić information content (AvgIpc) is 3.26. The highest BCUT2D eigenvalue weighted by atomic mass is 35.5. The molecule has 1 aromatic heterocycles. The molecule has 0 aliphatic heterocycles. The summed E-state index contributed by atoms with van der Waals surface area (Å²) in [7, 11) is 1.41.